The Bertz CT molecular complexity index is 217. The predicted molar refractivity (Wildman–Crippen MR) is 54.3 cm³/mol. The third-order valence-corrected chi connectivity index (χ3v) is 2.20. The molecule has 0 saturated heterocycles. The molecule has 0 aliphatic carbocycles. The van der Waals surface area contributed by atoms with E-state index in [1.54, 1.807) is 13.8 Å². The summed E-state index contributed by atoms with van der Waals surface area (Å²) in [7, 11) is 0. The SMILES string of the molecule is CC(C)N(CCCCC(=O)O)CC(F)(F)F. The highest BCUT2D eigenvalue weighted by Gasteiger charge is 2.31. The second kappa shape index (κ2) is 6.73. The highest BCUT2D eigenvalue weighted by molar-refractivity contribution is 5.66. The molecule has 0 bridgehead atoms. The molecule has 0 heterocycles. The lowest BCUT2D eigenvalue weighted by Crippen LogP contribution is -2.39. The van der Waals surface area contributed by atoms with Crippen LogP contribution in [0.5, 0.6) is 0 Å². The van der Waals surface area contributed by atoms with Crippen LogP contribution in [0.15, 0.2) is 0 Å². The van der Waals surface area contributed by atoms with Gasteiger partial charge >= 0.3 is 12.1 Å². The van der Waals surface area contributed by atoms with Crippen LogP contribution in [0.2, 0.25) is 0 Å². The van der Waals surface area contributed by atoms with E-state index in [0.29, 0.717) is 12.8 Å². The highest BCUT2D eigenvalue weighted by Crippen LogP contribution is 2.18. The van der Waals surface area contributed by atoms with Crippen LogP contribution in [0.3, 0.4) is 0 Å². The Labute approximate surface area is 93.2 Å². The fourth-order valence-corrected chi connectivity index (χ4v) is 1.34. The van der Waals surface area contributed by atoms with Crippen molar-refractivity contribution < 1.29 is 23.1 Å². The van der Waals surface area contributed by atoms with Crippen LogP contribution in [0.1, 0.15) is 33.1 Å². The van der Waals surface area contributed by atoms with Gasteiger partial charge in [-0.1, -0.05) is 0 Å². The molecule has 0 aromatic carbocycles. The lowest BCUT2D eigenvalue weighted by Gasteiger charge is -2.27. The Hall–Kier alpha value is -0.780. The first-order valence-electron chi connectivity index (χ1n) is 5.25. The molecule has 0 saturated carbocycles. The van der Waals surface area contributed by atoms with E-state index in [9.17, 15) is 18.0 Å². The van der Waals surface area contributed by atoms with Crippen LogP contribution in [0.4, 0.5) is 13.2 Å². The first-order chi connectivity index (χ1) is 7.22. The molecule has 0 aromatic heterocycles. The van der Waals surface area contributed by atoms with Crippen LogP contribution in [0.25, 0.3) is 0 Å². The van der Waals surface area contributed by atoms with Crippen LogP contribution < -0.4 is 0 Å². The van der Waals surface area contributed by atoms with Gasteiger partial charge in [0.05, 0.1) is 6.54 Å². The number of carbonyl (C=O) groups is 1. The zero-order valence-electron chi connectivity index (χ0n) is 9.55. The van der Waals surface area contributed by atoms with Crippen molar-refractivity contribution in [2.45, 2.75) is 45.3 Å². The van der Waals surface area contributed by atoms with Gasteiger partial charge in [-0.05, 0) is 33.2 Å². The van der Waals surface area contributed by atoms with Gasteiger partial charge < -0.3 is 5.11 Å². The van der Waals surface area contributed by atoms with E-state index < -0.39 is 18.7 Å². The molecule has 96 valence electrons. The summed E-state index contributed by atoms with van der Waals surface area (Å²) in [5, 5.41) is 8.38. The van der Waals surface area contributed by atoms with E-state index in [0.717, 1.165) is 0 Å². The van der Waals surface area contributed by atoms with Crippen LogP contribution in [-0.4, -0.2) is 41.3 Å². The van der Waals surface area contributed by atoms with Gasteiger partial charge in [0.1, 0.15) is 0 Å². The summed E-state index contributed by atoms with van der Waals surface area (Å²) in [6.45, 7) is 2.74. The number of carboxylic acid groups (broad SMARTS) is 1. The number of hydrogen-bond donors (Lipinski definition) is 1. The first kappa shape index (κ1) is 15.2. The smallest absolute Gasteiger partial charge is 0.401 e. The Kier molecular flexibility index (Phi) is 6.40. The minimum Gasteiger partial charge on any atom is -0.481 e. The molecule has 0 unspecified atom stereocenters. The maximum absolute atomic E-state index is 12.2. The van der Waals surface area contributed by atoms with E-state index >= 15 is 0 Å². The van der Waals surface area contributed by atoms with Crippen molar-refractivity contribution in [3.05, 3.63) is 0 Å². The zero-order chi connectivity index (χ0) is 12.8. The van der Waals surface area contributed by atoms with Gasteiger partial charge in [0.15, 0.2) is 0 Å². The van der Waals surface area contributed by atoms with E-state index in [1.807, 2.05) is 0 Å². The summed E-state index contributed by atoms with van der Waals surface area (Å²) in [4.78, 5) is 11.5. The maximum atomic E-state index is 12.2. The van der Waals surface area contributed by atoms with Gasteiger partial charge in [0.25, 0.3) is 0 Å². The molecule has 0 fully saturated rings. The molecule has 3 nitrogen and oxygen atoms in total. The number of unbranched alkanes of at least 4 members (excludes halogenated alkanes) is 1. The maximum Gasteiger partial charge on any atom is 0.401 e. The van der Waals surface area contributed by atoms with Crippen molar-refractivity contribution in [3.63, 3.8) is 0 Å². The van der Waals surface area contributed by atoms with Gasteiger partial charge in [0, 0.05) is 12.5 Å². The Morgan fingerprint density at radius 1 is 1.31 bits per heavy atom. The van der Waals surface area contributed by atoms with Crippen molar-refractivity contribution >= 4 is 5.97 Å². The lowest BCUT2D eigenvalue weighted by atomic mass is 10.2. The second-order valence-corrected chi connectivity index (χ2v) is 4.03. The molecule has 1 N–H and O–H groups in total. The average Bonchev–Trinajstić information content (AvgIpc) is 2.07. The standard InChI is InChI=1S/C10H18F3NO2/c1-8(2)14(7-10(11,12)13)6-4-3-5-9(15)16/h8H,3-7H2,1-2H3,(H,15,16). The van der Waals surface area contributed by atoms with E-state index in [1.165, 1.54) is 4.90 Å². The fourth-order valence-electron chi connectivity index (χ4n) is 1.34. The van der Waals surface area contributed by atoms with Gasteiger partial charge in [-0.3, -0.25) is 9.69 Å². The molecule has 0 spiro atoms. The monoisotopic (exact) mass is 241 g/mol. The average molecular weight is 241 g/mol. The number of halogens is 3. The highest BCUT2D eigenvalue weighted by atomic mass is 19.4. The number of rotatable bonds is 7. The molecule has 0 atom stereocenters. The van der Waals surface area contributed by atoms with E-state index in [2.05, 4.69) is 0 Å². The third kappa shape index (κ3) is 8.52. The van der Waals surface area contributed by atoms with Crippen LogP contribution in [0, 0.1) is 0 Å². The molecule has 16 heavy (non-hydrogen) atoms. The fraction of sp³-hybridized carbons (Fsp3) is 0.900. The Morgan fingerprint density at radius 3 is 2.25 bits per heavy atom. The van der Waals surface area contributed by atoms with Gasteiger partial charge in [0.2, 0.25) is 0 Å². The molecule has 0 rings (SSSR count). The summed E-state index contributed by atoms with van der Waals surface area (Å²) >= 11 is 0. The summed E-state index contributed by atoms with van der Waals surface area (Å²) in [5.74, 6) is -0.910. The summed E-state index contributed by atoms with van der Waals surface area (Å²) in [6.07, 6.45) is -3.30. The van der Waals surface area contributed by atoms with Crippen LogP contribution >= 0.6 is 0 Å². The largest absolute Gasteiger partial charge is 0.481 e. The quantitative estimate of drug-likeness (QED) is 0.696. The van der Waals surface area contributed by atoms with Crippen molar-refractivity contribution in [1.82, 2.24) is 4.90 Å². The molecule has 6 heteroatoms. The third-order valence-electron chi connectivity index (χ3n) is 2.20. The first-order valence-corrected chi connectivity index (χ1v) is 5.25. The number of aliphatic carboxylic acids is 1. The van der Waals surface area contributed by atoms with E-state index in [4.69, 9.17) is 5.11 Å². The molecule has 0 aromatic rings. The Balaban J connectivity index is 3.91. The van der Waals surface area contributed by atoms with Crippen molar-refractivity contribution in [2.24, 2.45) is 0 Å². The van der Waals surface area contributed by atoms with E-state index in [-0.39, 0.29) is 19.0 Å². The molecular weight excluding hydrogens is 223 g/mol. The predicted octanol–water partition coefficient (Wildman–Crippen LogP) is 2.51. The summed E-state index contributed by atoms with van der Waals surface area (Å²) < 4.78 is 36.5. The van der Waals surface area contributed by atoms with Gasteiger partial charge in [-0.2, -0.15) is 13.2 Å². The summed E-state index contributed by atoms with van der Waals surface area (Å²) in [5.41, 5.74) is 0. The number of hydrogen-bond acceptors (Lipinski definition) is 2. The number of nitrogens with zero attached hydrogens (tertiary/aromatic N) is 1. The zero-order valence-corrected chi connectivity index (χ0v) is 9.55. The molecular formula is C10H18F3NO2. The summed E-state index contributed by atoms with van der Waals surface area (Å²) in [6, 6.07) is -0.188. The number of carboxylic acids is 1. The lowest BCUT2D eigenvalue weighted by molar-refractivity contribution is -0.150. The Morgan fingerprint density at radius 2 is 1.88 bits per heavy atom. The number of alkyl halides is 3. The molecule has 0 radical (unpaired) electrons. The normalized spacial score (nSPS) is 12.4. The minimum atomic E-state index is -4.20. The second-order valence-electron chi connectivity index (χ2n) is 4.03. The van der Waals surface area contributed by atoms with Crippen molar-refractivity contribution in [1.29, 1.82) is 0 Å². The van der Waals surface area contributed by atoms with Gasteiger partial charge in [-0.15, -0.1) is 0 Å². The molecule has 0 aliphatic rings. The molecule has 0 amide bonds. The topological polar surface area (TPSA) is 40.5 Å². The van der Waals surface area contributed by atoms with Gasteiger partial charge in [-0.25, -0.2) is 0 Å². The molecule has 0 aliphatic heterocycles. The van der Waals surface area contributed by atoms with Crippen LogP contribution in [-0.2, 0) is 4.79 Å². The van der Waals surface area contributed by atoms with Crippen molar-refractivity contribution in [2.75, 3.05) is 13.1 Å². The minimum absolute atomic E-state index is 0.0119. The van der Waals surface area contributed by atoms with Crippen molar-refractivity contribution in [3.8, 4) is 0 Å².